The monoisotopic (exact) mass is 205 g/mol. The molecule has 0 aromatic heterocycles. The zero-order valence-electron chi connectivity index (χ0n) is 6.11. The first-order valence-electron chi connectivity index (χ1n) is 3.25. The molecule has 0 fully saturated rings. The number of hydrazine groups is 1. The van der Waals surface area contributed by atoms with Gasteiger partial charge in [-0.05, 0) is 20.0 Å². The number of halogens is 1. The third-order valence-corrected chi connectivity index (χ3v) is 2.48. The number of allylic oxidation sites excluding steroid dienone is 1. The Kier molecular flexibility index (Phi) is 2.71. The lowest BCUT2D eigenvalue weighted by Gasteiger charge is -2.14. The molecule has 0 aromatic rings. The molecule has 10 heavy (non-hydrogen) atoms. The minimum absolute atomic E-state index is 0.289. The van der Waals surface area contributed by atoms with E-state index in [1.807, 2.05) is 14.0 Å². The Hall–Kier alpha value is -0.0600. The van der Waals surface area contributed by atoms with Crippen LogP contribution in [0.1, 0.15) is 6.92 Å². The van der Waals surface area contributed by atoms with Gasteiger partial charge >= 0.3 is 0 Å². The van der Waals surface area contributed by atoms with Gasteiger partial charge in [-0.15, -0.1) is 0 Å². The Bertz CT molecular complexity index is 146. The zero-order chi connectivity index (χ0) is 7.56. The molecular formula is C6H12BrN3. The van der Waals surface area contributed by atoms with Crippen molar-refractivity contribution in [3.05, 3.63) is 11.8 Å². The van der Waals surface area contributed by atoms with E-state index in [-0.39, 0.29) is 4.95 Å². The summed E-state index contributed by atoms with van der Waals surface area (Å²) >= 11 is 3.47. The first-order chi connectivity index (χ1) is 4.74. The van der Waals surface area contributed by atoms with Gasteiger partial charge in [0.25, 0.3) is 0 Å². The molecule has 0 radical (unpaired) electrons. The molecule has 1 aliphatic rings. The number of hydrogen-bond acceptors (Lipinski definition) is 3. The van der Waals surface area contributed by atoms with Gasteiger partial charge < -0.3 is 10.7 Å². The van der Waals surface area contributed by atoms with E-state index in [1.165, 1.54) is 5.70 Å². The van der Waals surface area contributed by atoms with Crippen molar-refractivity contribution < 1.29 is 0 Å². The summed E-state index contributed by atoms with van der Waals surface area (Å²) in [4.78, 5) is 0.289. The highest BCUT2D eigenvalue weighted by Crippen LogP contribution is 2.08. The molecule has 58 valence electrons. The maximum Gasteiger partial charge on any atom is 0.0838 e. The summed E-state index contributed by atoms with van der Waals surface area (Å²) in [7, 11) is 1.92. The van der Waals surface area contributed by atoms with Crippen LogP contribution in [0.2, 0.25) is 0 Å². The lowest BCUT2D eigenvalue weighted by atomic mass is 10.3. The van der Waals surface area contributed by atoms with Crippen LogP contribution in [-0.2, 0) is 0 Å². The summed E-state index contributed by atoms with van der Waals surface area (Å²) in [6.07, 6.45) is 2.13. The van der Waals surface area contributed by atoms with E-state index in [2.05, 4.69) is 38.2 Å². The fourth-order valence-electron chi connectivity index (χ4n) is 0.887. The fourth-order valence-corrected chi connectivity index (χ4v) is 1.17. The highest BCUT2D eigenvalue weighted by molar-refractivity contribution is 9.09. The second-order valence-corrected chi connectivity index (χ2v) is 3.32. The van der Waals surface area contributed by atoms with Crippen molar-refractivity contribution in [1.82, 2.24) is 16.2 Å². The first-order valence-corrected chi connectivity index (χ1v) is 4.17. The molecule has 0 saturated carbocycles. The van der Waals surface area contributed by atoms with Crippen molar-refractivity contribution >= 4 is 15.9 Å². The highest BCUT2D eigenvalue weighted by atomic mass is 79.9. The maximum atomic E-state index is 3.47. The third kappa shape index (κ3) is 1.71. The number of rotatable bonds is 2. The van der Waals surface area contributed by atoms with E-state index in [9.17, 15) is 0 Å². The largest absolute Gasteiger partial charge is 0.326 e. The summed E-state index contributed by atoms with van der Waals surface area (Å²) < 4.78 is 0. The SMILES string of the molecule is CNC(Br)C1C=C(C)NN1. The average Bonchev–Trinajstić information content (AvgIpc) is 2.34. The van der Waals surface area contributed by atoms with Crippen LogP contribution in [0.5, 0.6) is 0 Å². The Morgan fingerprint density at radius 3 is 2.90 bits per heavy atom. The predicted octanol–water partition coefficient (Wildman–Crippen LogP) is 0.307. The Morgan fingerprint density at radius 1 is 1.80 bits per heavy atom. The molecule has 4 heteroatoms. The summed E-state index contributed by atoms with van der Waals surface area (Å²) in [5.74, 6) is 0. The topological polar surface area (TPSA) is 36.1 Å². The van der Waals surface area contributed by atoms with Gasteiger partial charge in [0.1, 0.15) is 0 Å². The van der Waals surface area contributed by atoms with Gasteiger partial charge in [0.05, 0.1) is 11.0 Å². The van der Waals surface area contributed by atoms with Crippen LogP contribution in [0, 0.1) is 0 Å². The molecule has 1 heterocycles. The van der Waals surface area contributed by atoms with Gasteiger partial charge in [0.15, 0.2) is 0 Å². The number of alkyl halides is 1. The Labute approximate surface area is 69.4 Å². The first kappa shape index (κ1) is 8.04. The van der Waals surface area contributed by atoms with Crippen LogP contribution in [0.15, 0.2) is 11.8 Å². The van der Waals surface area contributed by atoms with Gasteiger partial charge in [0.2, 0.25) is 0 Å². The number of nitrogens with one attached hydrogen (secondary N) is 3. The second kappa shape index (κ2) is 3.37. The summed E-state index contributed by atoms with van der Waals surface area (Å²) in [5.41, 5.74) is 7.30. The molecule has 0 aromatic carbocycles. The molecular weight excluding hydrogens is 194 g/mol. The summed E-state index contributed by atoms with van der Waals surface area (Å²) in [6, 6.07) is 0.338. The zero-order valence-corrected chi connectivity index (χ0v) is 7.70. The smallest absolute Gasteiger partial charge is 0.0838 e. The van der Waals surface area contributed by atoms with E-state index < -0.39 is 0 Å². The van der Waals surface area contributed by atoms with E-state index >= 15 is 0 Å². The molecule has 2 unspecified atom stereocenters. The van der Waals surface area contributed by atoms with Crippen LogP contribution in [0.3, 0.4) is 0 Å². The third-order valence-electron chi connectivity index (χ3n) is 1.46. The Balaban J connectivity index is 2.44. The summed E-state index contributed by atoms with van der Waals surface area (Å²) in [6.45, 7) is 2.03. The van der Waals surface area contributed by atoms with Gasteiger partial charge in [0, 0.05) is 5.70 Å². The van der Waals surface area contributed by atoms with Gasteiger partial charge in [-0.2, -0.15) is 0 Å². The van der Waals surface area contributed by atoms with Crippen LogP contribution < -0.4 is 16.2 Å². The van der Waals surface area contributed by atoms with Crippen molar-refractivity contribution in [1.29, 1.82) is 0 Å². The maximum absolute atomic E-state index is 3.47. The minimum atomic E-state index is 0.289. The minimum Gasteiger partial charge on any atom is -0.326 e. The molecule has 0 saturated heterocycles. The van der Waals surface area contributed by atoms with Crippen LogP contribution in [0.4, 0.5) is 0 Å². The average molecular weight is 206 g/mol. The molecule has 1 rings (SSSR count). The highest BCUT2D eigenvalue weighted by Gasteiger charge is 2.18. The normalized spacial score (nSPS) is 27.5. The van der Waals surface area contributed by atoms with E-state index in [0.717, 1.165) is 0 Å². The van der Waals surface area contributed by atoms with Crippen molar-refractivity contribution in [3.63, 3.8) is 0 Å². The van der Waals surface area contributed by atoms with E-state index in [4.69, 9.17) is 0 Å². The second-order valence-electron chi connectivity index (χ2n) is 2.34. The van der Waals surface area contributed by atoms with Gasteiger partial charge in [-0.1, -0.05) is 15.9 Å². The van der Waals surface area contributed by atoms with Gasteiger partial charge in [-0.3, -0.25) is 0 Å². The summed E-state index contributed by atoms with van der Waals surface area (Å²) in [5, 5.41) is 3.10. The number of hydrogen-bond donors (Lipinski definition) is 3. The van der Waals surface area contributed by atoms with Gasteiger partial charge in [-0.25, -0.2) is 5.43 Å². The van der Waals surface area contributed by atoms with E-state index in [1.54, 1.807) is 0 Å². The molecule has 0 spiro atoms. The lowest BCUT2D eigenvalue weighted by molar-refractivity contribution is 0.532. The van der Waals surface area contributed by atoms with Crippen molar-refractivity contribution in [3.8, 4) is 0 Å². The van der Waals surface area contributed by atoms with Crippen molar-refractivity contribution in [2.24, 2.45) is 0 Å². The molecule has 3 nitrogen and oxygen atoms in total. The standard InChI is InChI=1S/C6H12BrN3/c1-4-3-5(10-9-4)6(7)8-2/h3,5-6,8-10H,1-2H3. The van der Waals surface area contributed by atoms with Crippen LogP contribution in [0.25, 0.3) is 0 Å². The van der Waals surface area contributed by atoms with Crippen LogP contribution >= 0.6 is 15.9 Å². The predicted molar refractivity (Wildman–Crippen MR) is 45.6 cm³/mol. The fraction of sp³-hybridized carbons (Fsp3) is 0.667. The van der Waals surface area contributed by atoms with E-state index in [0.29, 0.717) is 6.04 Å². The molecule has 0 aliphatic carbocycles. The lowest BCUT2D eigenvalue weighted by Crippen LogP contribution is -2.42. The Morgan fingerprint density at radius 2 is 2.50 bits per heavy atom. The quantitative estimate of drug-likeness (QED) is 0.449. The van der Waals surface area contributed by atoms with Crippen molar-refractivity contribution in [2.75, 3.05) is 7.05 Å². The molecule has 1 aliphatic heterocycles. The number of likely N-dealkylation sites (N-methyl/N-ethyl adjacent to an activating group) is 1. The molecule has 0 amide bonds. The molecule has 0 bridgehead atoms. The van der Waals surface area contributed by atoms with Crippen LogP contribution in [-0.4, -0.2) is 18.0 Å². The molecule has 3 N–H and O–H groups in total. The molecule has 2 atom stereocenters. The van der Waals surface area contributed by atoms with Crippen molar-refractivity contribution in [2.45, 2.75) is 17.9 Å².